The number of phosphoric ester groups is 1. The zero-order valence-corrected chi connectivity index (χ0v) is 42.3. The van der Waals surface area contributed by atoms with Crippen molar-refractivity contribution in [2.45, 2.75) is 251 Å². The van der Waals surface area contributed by atoms with Gasteiger partial charge in [-0.3, -0.25) is 18.6 Å². The Balaban J connectivity index is 4.22. The number of carbonyl (C=O) groups is 2. The van der Waals surface area contributed by atoms with Crippen molar-refractivity contribution in [3.63, 3.8) is 0 Å². The van der Waals surface area contributed by atoms with Gasteiger partial charge in [0.25, 0.3) is 0 Å². The topological polar surface area (TPSA) is 108 Å². The highest BCUT2D eigenvalue weighted by Gasteiger charge is 2.27. The minimum Gasteiger partial charge on any atom is -0.462 e. The normalized spacial score (nSPS) is 13.6. The number of nitrogens with zero attached hydrogens (tertiary/aromatic N) is 1. The molecule has 0 heterocycles. The fourth-order valence-electron chi connectivity index (χ4n) is 7.40. The lowest BCUT2D eigenvalue weighted by Gasteiger charge is -2.24. The van der Waals surface area contributed by atoms with Crippen LogP contribution < -0.4 is 0 Å². The number of allylic oxidation sites excluding steroid dienone is 4. The molecule has 0 rings (SSSR count). The second-order valence-corrected chi connectivity index (χ2v) is 20.4. The third kappa shape index (κ3) is 48.0. The maximum absolute atomic E-state index is 12.8. The van der Waals surface area contributed by atoms with Crippen LogP contribution in [-0.4, -0.2) is 74.9 Å². The van der Waals surface area contributed by atoms with Crippen LogP contribution in [0.1, 0.15) is 245 Å². The molecule has 366 valence electrons. The van der Waals surface area contributed by atoms with E-state index < -0.39 is 26.5 Å². The number of likely N-dealkylation sites (N-methyl/N-ethyl adjacent to an activating group) is 1. The zero-order chi connectivity index (χ0) is 45.7. The summed E-state index contributed by atoms with van der Waals surface area (Å²) in [6.07, 6.45) is 50.8. The molecule has 0 aromatic carbocycles. The molecule has 0 aromatic heterocycles. The molecule has 0 aliphatic carbocycles. The number of ether oxygens (including phenoxy) is 2. The van der Waals surface area contributed by atoms with Gasteiger partial charge in [-0.05, 0) is 44.9 Å². The van der Waals surface area contributed by atoms with E-state index >= 15 is 0 Å². The van der Waals surface area contributed by atoms with E-state index in [0.717, 1.165) is 44.9 Å². The Labute approximate surface area is 383 Å². The maximum atomic E-state index is 12.8. The van der Waals surface area contributed by atoms with Crippen LogP contribution in [0.3, 0.4) is 0 Å². The van der Waals surface area contributed by atoms with Gasteiger partial charge in [-0.1, -0.05) is 212 Å². The van der Waals surface area contributed by atoms with Crippen LogP contribution in [0.2, 0.25) is 0 Å². The van der Waals surface area contributed by atoms with Gasteiger partial charge in [0, 0.05) is 12.8 Å². The lowest BCUT2D eigenvalue weighted by molar-refractivity contribution is -0.870. The molecule has 0 radical (unpaired) electrons. The van der Waals surface area contributed by atoms with Gasteiger partial charge in [0.1, 0.15) is 19.8 Å². The molecule has 10 heteroatoms. The molecule has 9 nitrogen and oxygen atoms in total. The van der Waals surface area contributed by atoms with E-state index in [1.165, 1.54) is 167 Å². The Kier molecular flexibility index (Phi) is 43.6. The SMILES string of the molecule is CCCCC/C=C/C/C=C/CCCCCCCCCCCC(=O)O[C@H](COC(=O)CCCCCCCCCCCCCCCCCCCCC)COP(=O)(O)OCC[N+](C)(C)C. The summed E-state index contributed by atoms with van der Waals surface area (Å²) in [6, 6.07) is 0. The summed E-state index contributed by atoms with van der Waals surface area (Å²) in [5, 5.41) is 0. The molecule has 0 bridgehead atoms. The third-order valence-corrected chi connectivity index (χ3v) is 12.5. The second-order valence-electron chi connectivity index (χ2n) is 18.9. The van der Waals surface area contributed by atoms with Crippen molar-refractivity contribution in [2.24, 2.45) is 0 Å². The number of hydrogen-bond donors (Lipinski definition) is 1. The summed E-state index contributed by atoms with van der Waals surface area (Å²) >= 11 is 0. The molecule has 0 amide bonds. The molecule has 0 spiro atoms. The van der Waals surface area contributed by atoms with Crippen molar-refractivity contribution in [3.05, 3.63) is 24.3 Å². The van der Waals surface area contributed by atoms with Gasteiger partial charge in [-0.2, -0.15) is 0 Å². The number of rotatable bonds is 48. The maximum Gasteiger partial charge on any atom is 0.472 e. The molecule has 62 heavy (non-hydrogen) atoms. The van der Waals surface area contributed by atoms with Crippen LogP contribution in [0.25, 0.3) is 0 Å². The smallest absolute Gasteiger partial charge is 0.462 e. The van der Waals surface area contributed by atoms with Crippen molar-refractivity contribution < 1.29 is 42.1 Å². The summed E-state index contributed by atoms with van der Waals surface area (Å²) in [7, 11) is 1.48. The minimum atomic E-state index is -4.38. The van der Waals surface area contributed by atoms with Gasteiger partial charge < -0.3 is 18.9 Å². The first kappa shape index (κ1) is 60.5. The van der Waals surface area contributed by atoms with Gasteiger partial charge >= 0.3 is 19.8 Å². The number of esters is 2. The van der Waals surface area contributed by atoms with Crippen molar-refractivity contribution in [1.82, 2.24) is 0 Å². The first-order valence-electron chi connectivity index (χ1n) is 26.1. The van der Waals surface area contributed by atoms with Gasteiger partial charge in [-0.15, -0.1) is 0 Å². The first-order chi connectivity index (χ1) is 30.0. The van der Waals surface area contributed by atoms with Crippen LogP contribution in [0.15, 0.2) is 24.3 Å². The molecular weight excluding hydrogens is 798 g/mol. The number of phosphoric acid groups is 1. The highest BCUT2D eigenvalue weighted by molar-refractivity contribution is 7.47. The summed E-state index contributed by atoms with van der Waals surface area (Å²) in [5.74, 6) is -0.790. The largest absolute Gasteiger partial charge is 0.472 e. The van der Waals surface area contributed by atoms with Crippen molar-refractivity contribution in [2.75, 3.05) is 47.5 Å². The lowest BCUT2D eigenvalue weighted by atomic mass is 10.0. The monoisotopic (exact) mass is 899 g/mol. The minimum absolute atomic E-state index is 0.0331. The van der Waals surface area contributed by atoms with E-state index in [0.29, 0.717) is 23.9 Å². The zero-order valence-electron chi connectivity index (χ0n) is 41.4. The van der Waals surface area contributed by atoms with Gasteiger partial charge in [0.15, 0.2) is 6.10 Å². The van der Waals surface area contributed by atoms with Crippen LogP contribution in [0.4, 0.5) is 0 Å². The van der Waals surface area contributed by atoms with Crippen molar-refractivity contribution in [3.8, 4) is 0 Å². The molecule has 0 fully saturated rings. The third-order valence-electron chi connectivity index (χ3n) is 11.5. The number of unbranched alkanes of at least 4 members (excludes halogenated alkanes) is 30. The number of hydrogen-bond acceptors (Lipinski definition) is 7. The summed E-state index contributed by atoms with van der Waals surface area (Å²) < 4.78 is 34.5. The number of quaternary nitrogens is 1. The van der Waals surface area contributed by atoms with E-state index in [-0.39, 0.29) is 25.6 Å². The van der Waals surface area contributed by atoms with Gasteiger partial charge in [0.2, 0.25) is 0 Å². The molecule has 0 saturated heterocycles. The standard InChI is InChI=1S/C52H100NO8P/c1-6-8-10-12-14-16-18-20-22-24-26-28-30-32-34-36-38-40-42-44-51(54)58-48-50(49-60-62(56,57)59-47-46-53(3,4)5)61-52(55)45-43-41-39-37-35-33-31-29-27-25-23-21-19-17-15-13-11-9-7-2/h15,17,21,23,50H,6-14,16,18-20,22,24-49H2,1-5H3/p+1/b17-15+,23-21+/t50-/m1/s1. The average molecular weight is 899 g/mol. The Morgan fingerprint density at radius 2 is 0.871 bits per heavy atom. The molecule has 0 saturated carbocycles. The average Bonchev–Trinajstić information content (AvgIpc) is 3.23. The Hall–Kier alpha value is -1.51. The molecule has 1 unspecified atom stereocenters. The van der Waals surface area contributed by atoms with E-state index in [1.807, 2.05) is 21.1 Å². The predicted molar refractivity (Wildman–Crippen MR) is 261 cm³/mol. The van der Waals surface area contributed by atoms with Crippen molar-refractivity contribution >= 4 is 19.8 Å². The highest BCUT2D eigenvalue weighted by Crippen LogP contribution is 2.43. The summed E-state index contributed by atoms with van der Waals surface area (Å²) in [6.45, 7) is 4.44. The molecule has 0 aliphatic heterocycles. The fraction of sp³-hybridized carbons (Fsp3) is 0.885. The summed E-state index contributed by atoms with van der Waals surface area (Å²) in [4.78, 5) is 35.6. The molecule has 1 N–H and O–H groups in total. The van der Waals surface area contributed by atoms with E-state index in [2.05, 4.69) is 38.2 Å². The van der Waals surface area contributed by atoms with Gasteiger partial charge in [-0.25, -0.2) is 4.57 Å². The van der Waals surface area contributed by atoms with E-state index in [1.54, 1.807) is 0 Å². The Morgan fingerprint density at radius 3 is 1.31 bits per heavy atom. The Morgan fingerprint density at radius 1 is 0.500 bits per heavy atom. The van der Waals surface area contributed by atoms with Crippen LogP contribution in [0, 0.1) is 0 Å². The number of carbonyl (C=O) groups excluding carboxylic acids is 2. The van der Waals surface area contributed by atoms with E-state index in [9.17, 15) is 19.0 Å². The molecule has 0 aliphatic rings. The van der Waals surface area contributed by atoms with Gasteiger partial charge in [0.05, 0.1) is 27.7 Å². The second kappa shape index (κ2) is 44.7. The predicted octanol–water partition coefficient (Wildman–Crippen LogP) is 15.5. The molecule has 2 atom stereocenters. The molecular formula is C52H101NO8P+. The molecule has 0 aromatic rings. The Bertz CT molecular complexity index is 1110. The highest BCUT2D eigenvalue weighted by atomic mass is 31.2. The lowest BCUT2D eigenvalue weighted by Crippen LogP contribution is -2.37. The van der Waals surface area contributed by atoms with Crippen LogP contribution in [0.5, 0.6) is 0 Å². The van der Waals surface area contributed by atoms with Crippen LogP contribution in [-0.2, 0) is 32.7 Å². The fourth-order valence-corrected chi connectivity index (χ4v) is 8.14. The quantitative estimate of drug-likeness (QED) is 0.0211. The van der Waals surface area contributed by atoms with Crippen LogP contribution >= 0.6 is 7.82 Å². The first-order valence-corrected chi connectivity index (χ1v) is 27.6. The summed E-state index contributed by atoms with van der Waals surface area (Å²) in [5.41, 5.74) is 0. The van der Waals surface area contributed by atoms with E-state index in [4.69, 9.17) is 18.5 Å². The van der Waals surface area contributed by atoms with Crippen molar-refractivity contribution in [1.29, 1.82) is 0 Å².